The summed E-state index contributed by atoms with van der Waals surface area (Å²) in [4.78, 5) is 14.4. The Morgan fingerprint density at radius 2 is 1.50 bits per heavy atom. The molecule has 2 rings (SSSR count). The molecule has 0 radical (unpaired) electrons. The van der Waals surface area contributed by atoms with Crippen LogP contribution in [0.4, 0.5) is 0 Å². The van der Waals surface area contributed by atoms with E-state index in [9.17, 15) is 4.79 Å². The molecule has 0 N–H and O–H groups in total. The summed E-state index contributed by atoms with van der Waals surface area (Å²) in [6.45, 7) is 5.89. The lowest BCUT2D eigenvalue weighted by atomic mass is 10.1. The highest BCUT2D eigenvalue weighted by atomic mass is 16.5. The lowest BCUT2D eigenvalue weighted by molar-refractivity contribution is -0.130. The van der Waals surface area contributed by atoms with Gasteiger partial charge < -0.3 is 14.4 Å². The minimum atomic E-state index is 0.123. The van der Waals surface area contributed by atoms with Crippen molar-refractivity contribution in [3.8, 4) is 11.5 Å². The van der Waals surface area contributed by atoms with Crippen LogP contribution in [0.1, 0.15) is 25.0 Å². The minimum Gasteiger partial charge on any atom is -0.497 e. The van der Waals surface area contributed by atoms with Gasteiger partial charge in [-0.15, -0.1) is 0 Å². The number of nitrogens with zero attached hydrogens (tertiary/aromatic N) is 1. The van der Waals surface area contributed by atoms with Gasteiger partial charge in [-0.3, -0.25) is 4.79 Å². The van der Waals surface area contributed by atoms with Gasteiger partial charge in [-0.1, -0.05) is 24.3 Å². The molecule has 128 valence electrons. The third-order valence-electron chi connectivity index (χ3n) is 3.86. The smallest absolute Gasteiger partial charge is 0.227 e. The lowest BCUT2D eigenvalue weighted by Crippen LogP contribution is -2.31. The number of amides is 1. The fourth-order valence-electron chi connectivity index (χ4n) is 2.48. The monoisotopic (exact) mass is 327 g/mol. The molecule has 0 aliphatic heterocycles. The second-order valence-corrected chi connectivity index (χ2v) is 5.51. The van der Waals surface area contributed by atoms with Gasteiger partial charge >= 0.3 is 0 Å². The molecular formula is C20H25NO3. The summed E-state index contributed by atoms with van der Waals surface area (Å²) in [5.41, 5.74) is 2.09. The van der Waals surface area contributed by atoms with Crippen LogP contribution in [0.25, 0.3) is 0 Å². The molecule has 0 saturated heterocycles. The predicted molar refractivity (Wildman–Crippen MR) is 95.4 cm³/mol. The normalized spacial score (nSPS) is 10.3. The van der Waals surface area contributed by atoms with Crippen LogP contribution in [0.2, 0.25) is 0 Å². The molecule has 0 saturated carbocycles. The molecule has 4 nitrogen and oxygen atoms in total. The molecule has 0 bridgehead atoms. The molecule has 0 heterocycles. The molecule has 0 spiro atoms. The molecule has 0 aliphatic carbocycles. The van der Waals surface area contributed by atoms with Crippen LogP contribution in [-0.4, -0.2) is 31.1 Å². The van der Waals surface area contributed by atoms with Crippen LogP contribution in [-0.2, 0) is 17.8 Å². The van der Waals surface area contributed by atoms with Crippen molar-refractivity contribution in [1.82, 2.24) is 4.90 Å². The highest BCUT2D eigenvalue weighted by Crippen LogP contribution is 2.15. The fourth-order valence-corrected chi connectivity index (χ4v) is 2.48. The maximum atomic E-state index is 12.6. The van der Waals surface area contributed by atoms with Crippen LogP contribution in [0.15, 0.2) is 48.5 Å². The number of ether oxygens (including phenoxy) is 2. The average molecular weight is 327 g/mol. The van der Waals surface area contributed by atoms with E-state index in [2.05, 4.69) is 0 Å². The molecule has 2 aromatic rings. The summed E-state index contributed by atoms with van der Waals surface area (Å²) in [6, 6.07) is 15.5. The van der Waals surface area contributed by atoms with E-state index in [4.69, 9.17) is 9.47 Å². The highest BCUT2D eigenvalue weighted by molar-refractivity contribution is 5.78. The number of benzene rings is 2. The second kappa shape index (κ2) is 8.96. The van der Waals surface area contributed by atoms with E-state index in [0.29, 0.717) is 26.1 Å². The van der Waals surface area contributed by atoms with Crippen molar-refractivity contribution in [2.24, 2.45) is 0 Å². The number of methoxy groups -OCH3 is 1. The van der Waals surface area contributed by atoms with Gasteiger partial charge in [0, 0.05) is 13.1 Å². The van der Waals surface area contributed by atoms with E-state index in [-0.39, 0.29) is 5.91 Å². The van der Waals surface area contributed by atoms with Crippen LogP contribution in [0, 0.1) is 0 Å². The Morgan fingerprint density at radius 1 is 0.917 bits per heavy atom. The first-order chi connectivity index (χ1) is 11.7. The van der Waals surface area contributed by atoms with Gasteiger partial charge in [0.15, 0.2) is 0 Å². The van der Waals surface area contributed by atoms with E-state index in [1.165, 1.54) is 0 Å². The van der Waals surface area contributed by atoms with Gasteiger partial charge in [0.05, 0.1) is 20.1 Å². The summed E-state index contributed by atoms with van der Waals surface area (Å²) in [7, 11) is 1.65. The van der Waals surface area contributed by atoms with Crippen LogP contribution < -0.4 is 9.47 Å². The summed E-state index contributed by atoms with van der Waals surface area (Å²) in [5.74, 6) is 1.78. The van der Waals surface area contributed by atoms with Gasteiger partial charge in [0.2, 0.25) is 5.91 Å². The van der Waals surface area contributed by atoms with Gasteiger partial charge in [-0.05, 0) is 49.2 Å². The first-order valence-corrected chi connectivity index (χ1v) is 8.28. The SMILES string of the molecule is CCOc1ccc(CC(=O)N(CC)Cc2ccc(OC)cc2)cc1. The number of hydrogen-bond donors (Lipinski definition) is 0. The molecule has 24 heavy (non-hydrogen) atoms. The van der Waals surface area contributed by atoms with Gasteiger partial charge in [0.25, 0.3) is 0 Å². The van der Waals surface area contributed by atoms with Crippen LogP contribution in [0.3, 0.4) is 0 Å². The van der Waals surface area contributed by atoms with Crippen molar-refractivity contribution in [2.75, 3.05) is 20.3 Å². The molecule has 4 heteroatoms. The lowest BCUT2D eigenvalue weighted by Gasteiger charge is -2.21. The summed E-state index contributed by atoms with van der Waals surface area (Å²) in [6.07, 6.45) is 0.399. The number of rotatable bonds is 8. The van der Waals surface area contributed by atoms with Crippen molar-refractivity contribution in [1.29, 1.82) is 0 Å². The Balaban J connectivity index is 1.97. The number of carbonyl (C=O) groups is 1. The first-order valence-electron chi connectivity index (χ1n) is 8.28. The fraction of sp³-hybridized carbons (Fsp3) is 0.350. The van der Waals surface area contributed by atoms with E-state index < -0.39 is 0 Å². The maximum absolute atomic E-state index is 12.6. The van der Waals surface area contributed by atoms with Crippen LogP contribution >= 0.6 is 0 Å². The molecule has 0 aliphatic rings. The van der Waals surface area contributed by atoms with E-state index in [1.807, 2.05) is 67.3 Å². The number of likely N-dealkylation sites (N-methyl/N-ethyl adjacent to an activating group) is 1. The molecule has 0 atom stereocenters. The van der Waals surface area contributed by atoms with Crippen LogP contribution in [0.5, 0.6) is 11.5 Å². The van der Waals surface area contributed by atoms with Crippen molar-refractivity contribution in [3.63, 3.8) is 0 Å². The zero-order valence-corrected chi connectivity index (χ0v) is 14.6. The third kappa shape index (κ3) is 5.01. The molecular weight excluding hydrogens is 302 g/mol. The summed E-state index contributed by atoms with van der Waals surface area (Å²) >= 11 is 0. The molecule has 0 aromatic heterocycles. The quantitative estimate of drug-likeness (QED) is 0.742. The largest absolute Gasteiger partial charge is 0.497 e. The molecule has 1 amide bonds. The van der Waals surface area contributed by atoms with Crippen molar-refractivity contribution in [3.05, 3.63) is 59.7 Å². The Morgan fingerprint density at radius 3 is 2.04 bits per heavy atom. The summed E-state index contributed by atoms with van der Waals surface area (Å²) in [5, 5.41) is 0. The zero-order chi connectivity index (χ0) is 17.4. The van der Waals surface area contributed by atoms with Gasteiger partial charge in [0.1, 0.15) is 11.5 Å². The predicted octanol–water partition coefficient (Wildman–Crippen LogP) is 3.69. The number of hydrogen-bond acceptors (Lipinski definition) is 3. The summed E-state index contributed by atoms with van der Waals surface area (Å²) < 4.78 is 10.6. The second-order valence-electron chi connectivity index (χ2n) is 5.51. The highest BCUT2D eigenvalue weighted by Gasteiger charge is 2.13. The molecule has 2 aromatic carbocycles. The maximum Gasteiger partial charge on any atom is 0.227 e. The average Bonchev–Trinajstić information content (AvgIpc) is 2.62. The topological polar surface area (TPSA) is 38.8 Å². The van der Waals surface area contributed by atoms with E-state index in [0.717, 1.165) is 22.6 Å². The van der Waals surface area contributed by atoms with Gasteiger partial charge in [-0.25, -0.2) is 0 Å². The Bertz CT molecular complexity index is 635. The third-order valence-corrected chi connectivity index (χ3v) is 3.86. The van der Waals surface area contributed by atoms with Crippen molar-refractivity contribution >= 4 is 5.91 Å². The molecule has 0 unspecified atom stereocenters. The van der Waals surface area contributed by atoms with Gasteiger partial charge in [-0.2, -0.15) is 0 Å². The first kappa shape index (κ1) is 17.9. The minimum absolute atomic E-state index is 0.123. The Kier molecular flexibility index (Phi) is 6.67. The standard InChI is InChI=1S/C20H25NO3/c1-4-21(15-17-8-10-18(23-3)11-9-17)20(22)14-16-6-12-19(13-7-16)24-5-2/h6-13H,4-5,14-15H2,1-3H3. The Hall–Kier alpha value is -2.49. The van der Waals surface area contributed by atoms with E-state index >= 15 is 0 Å². The number of carbonyl (C=O) groups excluding carboxylic acids is 1. The Labute approximate surface area is 144 Å². The van der Waals surface area contributed by atoms with Crippen molar-refractivity contribution in [2.45, 2.75) is 26.8 Å². The van der Waals surface area contributed by atoms with Crippen molar-refractivity contribution < 1.29 is 14.3 Å². The van der Waals surface area contributed by atoms with E-state index in [1.54, 1.807) is 7.11 Å². The molecule has 0 fully saturated rings. The zero-order valence-electron chi connectivity index (χ0n) is 14.6.